The van der Waals surface area contributed by atoms with Crippen LogP contribution in [-0.4, -0.2) is 21.6 Å². The summed E-state index contributed by atoms with van der Waals surface area (Å²) in [6, 6.07) is 3.87. The Hall–Kier alpha value is -1.29. The third-order valence-electron chi connectivity index (χ3n) is 2.62. The number of halogens is 1. The van der Waals surface area contributed by atoms with Crippen LogP contribution in [0.3, 0.4) is 0 Å². The van der Waals surface area contributed by atoms with Gasteiger partial charge in [0.1, 0.15) is 5.60 Å². The lowest BCUT2D eigenvalue weighted by atomic mass is 10.2. The maximum atomic E-state index is 11.9. The van der Waals surface area contributed by atoms with Crippen molar-refractivity contribution in [2.45, 2.75) is 45.3 Å². The minimum absolute atomic E-state index is 0.298. The summed E-state index contributed by atoms with van der Waals surface area (Å²) < 4.78 is 5.34. The zero-order valence-electron chi connectivity index (χ0n) is 10.9. The Bertz CT molecular complexity index is 469. The summed E-state index contributed by atoms with van der Waals surface area (Å²) in [6.45, 7) is 6.63. The van der Waals surface area contributed by atoms with Crippen molar-refractivity contribution in [1.82, 2.24) is 9.88 Å². The van der Waals surface area contributed by atoms with Crippen LogP contribution in [0.25, 0.3) is 0 Å². The Morgan fingerprint density at radius 3 is 2.78 bits per heavy atom. The highest BCUT2D eigenvalue weighted by molar-refractivity contribution is 6.16. The molecule has 1 amide bonds. The molecule has 4 nitrogen and oxygen atoms in total. The number of rotatable bonds is 1. The molecule has 0 aromatic carbocycles. The number of aromatic nitrogens is 1. The average molecular weight is 269 g/mol. The highest BCUT2D eigenvalue weighted by atomic mass is 35.5. The van der Waals surface area contributed by atoms with E-state index in [-0.39, 0.29) is 6.09 Å². The second-order valence-corrected chi connectivity index (χ2v) is 5.65. The van der Waals surface area contributed by atoms with Gasteiger partial charge in [-0.3, -0.25) is 9.88 Å². The first kappa shape index (κ1) is 13.1. The first-order valence-corrected chi connectivity index (χ1v) is 6.44. The monoisotopic (exact) mass is 268 g/mol. The number of hydrogen-bond donors (Lipinski definition) is 0. The van der Waals surface area contributed by atoms with E-state index in [1.807, 2.05) is 32.9 Å². The van der Waals surface area contributed by atoms with Gasteiger partial charge in [0, 0.05) is 0 Å². The molecule has 1 aromatic rings. The van der Waals surface area contributed by atoms with Crippen molar-refractivity contribution >= 4 is 17.7 Å². The summed E-state index contributed by atoms with van der Waals surface area (Å²) in [6.07, 6.45) is -0.298. The molecule has 1 aliphatic rings. The van der Waals surface area contributed by atoms with Crippen molar-refractivity contribution in [2.24, 2.45) is 0 Å². The van der Waals surface area contributed by atoms with Crippen molar-refractivity contribution < 1.29 is 9.53 Å². The van der Waals surface area contributed by atoms with E-state index in [4.69, 9.17) is 16.3 Å². The van der Waals surface area contributed by atoms with E-state index in [0.717, 1.165) is 17.0 Å². The van der Waals surface area contributed by atoms with Crippen LogP contribution in [0.4, 0.5) is 4.79 Å². The second-order valence-electron chi connectivity index (χ2n) is 5.38. The summed E-state index contributed by atoms with van der Waals surface area (Å²) in [7, 11) is 0. The fourth-order valence-electron chi connectivity index (χ4n) is 1.83. The Kier molecular flexibility index (Phi) is 3.48. The van der Waals surface area contributed by atoms with E-state index < -0.39 is 5.60 Å². The number of fused-ring (bicyclic) bond motifs is 1. The van der Waals surface area contributed by atoms with Gasteiger partial charge in [-0.15, -0.1) is 11.6 Å². The number of ether oxygens (including phenoxy) is 1. The number of carbonyl (C=O) groups is 1. The molecule has 0 spiro atoms. The van der Waals surface area contributed by atoms with Crippen LogP contribution in [-0.2, 0) is 23.7 Å². The van der Waals surface area contributed by atoms with Gasteiger partial charge < -0.3 is 4.74 Å². The first-order chi connectivity index (χ1) is 8.39. The zero-order valence-corrected chi connectivity index (χ0v) is 11.6. The summed E-state index contributed by atoms with van der Waals surface area (Å²) in [5.74, 6) is 0.389. The highest BCUT2D eigenvalue weighted by Gasteiger charge is 2.28. The molecule has 0 bridgehead atoms. The molecule has 0 atom stereocenters. The molecule has 5 heteroatoms. The normalized spacial score (nSPS) is 14.6. The van der Waals surface area contributed by atoms with Crippen LogP contribution in [0.2, 0.25) is 0 Å². The van der Waals surface area contributed by atoms with Gasteiger partial charge in [-0.1, -0.05) is 6.07 Å². The molecule has 1 aliphatic heterocycles. The van der Waals surface area contributed by atoms with Crippen LogP contribution in [0.15, 0.2) is 12.1 Å². The minimum atomic E-state index is -0.472. The largest absolute Gasteiger partial charge is 0.444 e. The Balaban J connectivity index is 2.08. The van der Waals surface area contributed by atoms with E-state index in [0.29, 0.717) is 19.0 Å². The lowest BCUT2D eigenvalue weighted by Gasteiger charge is -2.23. The second kappa shape index (κ2) is 4.76. The zero-order chi connectivity index (χ0) is 13.3. The van der Waals surface area contributed by atoms with Crippen molar-refractivity contribution in [3.8, 4) is 0 Å². The molecule has 0 aliphatic carbocycles. The number of alkyl halides is 1. The van der Waals surface area contributed by atoms with Gasteiger partial charge in [0.05, 0.1) is 30.4 Å². The van der Waals surface area contributed by atoms with Crippen LogP contribution >= 0.6 is 11.6 Å². The Morgan fingerprint density at radius 2 is 2.17 bits per heavy atom. The summed E-state index contributed by atoms with van der Waals surface area (Å²) >= 11 is 5.75. The minimum Gasteiger partial charge on any atom is -0.444 e. The summed E-state index contributed by atoms with van der Waals surface area (Å²) in [4.78, 5) is 18.0. The molecule has 18 heavy (non-hydrogen) atoms. The van der Waals surface area contributed by atoms with Crippen LogP contribution in [0.5, 0.6) is 0 Å². The molecule has 0 radical (unpaired) electrons. The standard InChI is InChI=1S/C13H17ClN2O2/c1-13(2,3)18-12(17)16-7-9-4-5-10(6-14)15-11(9)8-16/h4-5H,6-8H2,1-3H3. The topological polar surface area (TPSA) is 42.4 Å². The van der Waals surface area contributed by atoms with Gasteiger partial charge in [-0.05, 0) is 32.4 Å². The van der Waals surface area contributed by atoms with Crippen LogP contribution in [0.1, 0.15) is 37.7 Å². The van der Waals surface area contributed by atoms with E-state index in [9.17, 15) is 4.79 Å². The van der Waals surface area contributed by atoms with Gasteiger partial charge >= 0.3 is 6.09 Å². The number of nitrogens with zero attached hydrogens (tertiary/aromatic N) is 2. The Morgan fingerprint density at radius 1 is 1.44 bits per heavy atom. The SMILES string of the molecule is CC(C)(C)OC(=O)N1Cc2ccc(CCl)nc2C1. The molecule has 0 fully saturated rings. The van der Waals surface area contributed by atoms with E-state index in [1.165, 1.54) is 0 Å². The molecule has 1 aromatic heterocycles. The molecule has 2 heterocycles. The van der Waals surface area contributed by atoms with Gasteiger partial charge in [-0.2, -0.15) is 0 Å². The summed E-state index contributed by atoms with van der Waals surface area (Å²) in [5, 5.41) is 0. The first-order valence-electron chi connectivity index (χ1n) is 5.90. The third-order valence-corrected chi connectivity index (χ3v) is 2.89. The van der Waals surface area contributed by atoms with Crippen LogP contribution in [0, 0.1) is 0 Å². The Labute approximate surface area is 112 Å². The van der Waals surface area contributed by atoms with Crippen molar-refractivity contribution in [1.29, 1.82) is 0 Å². The lowest BCUT2D eigenvalue weighted by molar-refractivity contribution is 0.0240. The molecular formula is C13H17ClN2O2. The van der Waals surface area contributed by atoms with Gasteiger partial charge in [0.15, 0.2) is 0 Å². The van der Waals surface area contributed by atoms with Gasteiger partial charge in [0.25, 0.3) is 0 Å². The number of pyridine rings is 1. The molecular weight excluding hydrogens is 252 g/mol. The number of amides is 1. The predicted molar refractivity (Wildman–Crippen MR) is 69.3 cm³/mol. The van der Waals surface area contributed by atoms with Crippen molar-refractivity contribution in [3.05, 3.63) is 29.1 Å². The summed E-state index contributed by atoms with van der Waals surface area (Å²) in [5.41, 5.74) is 2.34. The number of hydrogen-bond acceptors (Lipinski definition) is 3. The lowest BCUT2D eigenvalue weighted by Crippen LogP contribution is -2.33. The molecule has 0 saturated heterocycles. The van der Waals surface area contributed by atoms with E-state index >= 15 is 0 Å². The maximum absolute atomic E-state index is 11.9. The molecule has 2 rings (SSSR count). The maximum Gasteiger partial charge on any atom is 0.410 e. The van der Waals surface area contributed by atoms with Crippen LogP contribution < -0.4 is 0 Å². The molecule has 0 N–H and O–H groups in total. The van der Waals surface area contributed by atoms with E-state index in [1.54, 1.807) is 4.90 Å². The van der Waals surface area contributed by atoms with Gasteiger partial charge in [0.2, 0.25) is 0 Å². The van der Waals surface area contributed by atoms with Gasteiger partial charge in [-0.25, -0.2) is 4.79 Å². The number of carbonyl (C=O) groups excluding carboxylic acids is 1. The van der Waals surface area contributed by atoms with Crippen molar-refractivity contribution in [3.63, 3.8) is 0 Å². The third kappa shape index (κ3) is 2.93. The molecule has 0 unspecified atom stereocenters. The van der Waals surface area contributed by atoms with Crippen molar-refractivity contribution in [2.75, 3.05) is 0 Å². The smallest absolute Gasteiger partial charge is 0.410 e. The fourth-order valence-corrected chi connectivity index (χ4v) is 1.98. The fraction of sp³-hybridized carbons (Fsp3) is 0.538. The van der Waals surface area contributed by atoms with E-state index in [2.05, 4.69) is 4.98 Å². The average Bonchev–Trinajstić information content (AvgIpc) is 2.69. The highest BCUT2D eigenvalue weighted by Crippen LogP contribution is 2.23. The molecule has 98 valence electrons. The predicted octanol–water partition coefficient (Wildman–Crippen LogP) is 3.07. The molecule has 0 saturated carbocycles. The quantitative estimate of drug-likeness (QED) is 0.735.